The molecule has 1 spiro atoms. The van der Waals surface area contributed by atoms with Crippen molar-refractivity contribution in [3.8, 4) is 0 Å². The van der Waals surface area contributed by atoms with Gasteiger partial charge in [-0.3, -0.25) is 19.2 Å². The van der Waals surface area contributed by atoms with E-state index in [2.05, 4.69) is 21.2 Å². The molecule has 2 saturated heterocycles. The molecule has 0 aliphatic carbocycles. The Morgan fingerprint density at radius 3 is 2.58 bits per heavy atom. The first-order valence-electron chi connectivity index (χ1n) is 15.2. The maximum atomic E-state index is 14.7. The maximum absolute atomic E-state index is 14.7. The summed E-state index contributed by atoms with van der Waals surface area (Å²) < 4.78 is 12.9. The standard InChI is InChI=1S/C32H40BrN3O7/c1-21-19-34-24(38)14-8-5-9-15-35(20-22-12-6-4-7-13-22)30(40)28-32-18-23(33)27(43-32)25(31(41)42-21)26(32)29(39)36(28)16-10-2-3-11-17-37/h4-7,9,12-13,18,21,25-28,37H,2-3,8,10-11,14-17,19-20H2,1H3,(H,34,38)/b9-5-/t21-,25+,26-,27+,28+,32-/m0/s1. The van der Waals surface area contributed by atoms with Gasteiger partial charge in [0.05, 0.1) is 12.5 Å². The molecule has 5 rings (SSSR count). The van der Waals surface area contributed by atoms with Crippen LogP contribution in [-0.4, -0.2) is 88.7 Å². The zero-order valence-corrected chi connectivity index (χ0v) is 26.0. The lowest BCUT2D eigenvalue weighted by molar-refractivity contribution is -0.158. The molecule has 0 radical (unpaired) electrons. The molecule has 4 heterocycles. The van der Waals surface area contributed by atoms with Crippen molar-refractivity contribution >= 4 is 39.6 Å². The second-order valence-electron chi connectivity index (χ2n) is 11.8. The molecular weight excluding hydrogens is 618 g/mol. The zero-order valence-electron chi connectivity index (χ0n) is 24.5. The number of hydrogen-bond donors (Lipinski definition) is 2. The average Bonchev–Trinajstić information content (AvgIpc) is 3.58. The van der Waals surface area contributed by atoms with E-state index in [-0.39, 0.29) is 43.8 Å². The molecule has 3 amide bonds. The Bertz CT molecular complexity index is 1270. The summed E-state index contributed by atoms with van der Waals surface area (Å²) in [5, 5.41) is 12.0. The minimum Gasteiger partial charge on any atom is -0.460 e. The summed E-state index contributed by atoms with van der Waals surface area (Å²) in [6.45, 7) is 2.89. The van der Waals surface area contributed by atoms with Gasteiger partial charge in [-0.15, -0.1) is 0 Å². The highest BCUT2D eigenvalue weighted by Crippen LogP contribution is 2.59. The first kappa shape index (κ1) is 31.4. The van der Waals surface area contributed by atoms with Crippen LogP contribution < -0.4 is 5.32 Å². The summed E-state index contributed by atoms with van der Waals surface area (Å²) >= 11 is 3.57. The largest absolute Gasteiger partial charge is 0.460 e. The number of halogens is 1. The van der Waals surface area contributed by atoms with Crippen LogP contribution in [0.2, 0.25) is 0 Å². The SMILES string of the molecule is C[C@H]1CNC(=O)CC/C=C\CN(Cc2ccccc2)C(=O)[C@H]2N(CCCCCCO)C(=O)[C@@H]3[C@@H](C(=O)O1)[C@@H]1O[C@@]32C=C1Br. The Kier molecular flexibility index (Phi) is 10.0. The van der Waals surface area contributed by atoms with E-state index in [9.17, 15) is 24.3 Å². The summed E-state index contributed by atoms with van der Waals surface area (Å²) in [6, 6.07) is 8.68. The molecule has 6 atom stereocenters. The summed E-state index contributed by atoms with van der Waals surface area (Å²) in [7, 11) is 0. The van der Waals surface area contributed by atoms with E-state index >= 15 is 0 Å². The number of carbonyl (C=O) groups excluding carboxylic acids is 4. The van der Waals surface area contributed by atoms with Crippen LogP contribution in [0.3, 0.4) is 0 Å². The van der Waals surface area contributed by atoms with Gasteiger partial charge < -0.3 is 29.7 Å². The molecule has 2 fully saturated rings. The van der Waals surface area contributed by atoms with E-state index < -0.39 is 41.7 Å². The van der Waals surface area contributed by atoms with Crippen LogP contribution in [0.5, 0.6) is 0 Å². The molecule has 11 heteroatoms. The fraction of sp³-hybridized carbons (Fsp3) is 0.562. The molecule has 1 aromatic rings. The number of amides is 3. The van der Waals surface area contributed by atoms with Crippen molar-refractivity contribution in [2.45, 2.75) is 75.8 Å². The van der Waals surface area contributed by atoms with E-state index in [0.717, 1.165) is 18.4 Å². The Morgan fingerprint density at radius 2 is 1.81 bits per heavy atom. The van der Waals surface area contributed by atoms with E-state index in [1.165, 1.54) is 0 Å². The third-order valence-electron chi connectivity index (χ3n) is 8.70. The number of hydrogen-bond acceptors (Lipinski definition) is 7. The van der Waals surface area contributed by atoms with Gasteiger partial charge in [-0.2, -0.15) is 0 Å². The van der Waals surface area contributed by atoms with Gasteiger partial charge in [-0.05, 0) is 37.8 Å². The van der Waals surface area contributed by atoms with E-state index in [0.29, 0.717) is 36.8 Å². The van der Waals surface area contributed by atoms with Crippen molar-refractivity contribution in [1.82, 2.24) is 15.1 Å². The van der Waals surface area contributed by atoms with Gasteiger partial charge in [-0.25, -0.2) is 0 Å². The van der Waals surface area contributed by atoms with Gasteiger partial charge in [0.25, 0.3) is 0 Å². The Balaban J connectivity index is 1.53. The lowest BCUT2D eigenvalue weighted by Gasteiger charge is -2.36. The summed E-state index contributed by atoms with van der Waals surface area (Å²) in [5.74, 6) is -3.15. The number of unbranched alkanes of at least 4 members (excludes halogenated alkanes) is 3. The minimum atomic E-state index is -1.32. The molecule has 0 unspecified atom stereocenters. The number of aliphatic hydroxyl groups is 1. The number of benzene rings is 1. The second-order valence-corrected chi connectivity index (χ2v) is 12.7. The topological polar surface area (TPSA) is 125 Å². The predicted molar refractivity (Wildman–Crippen MR) is 161 cm³/mol. The Labute approximate surface area is 260 Å². The number of allylic oxidation sites excluding steroid dienone is 1. The fourth-order valence-electron chi connectivity index (χ4n) is 6.66. The van der Waals surface area contributed by atoms with Crippen LogP contribution in [0.15, 0.2) is 53.0 Å². The third-order valence-corrected chi connectivity index (χ3v) is 9.38. The number of nitrogens with one attached hydrogen (secondary N) is 1. The second kappa shape index (κ2) is 13.7. The lowest BCUT2D eigenvalue weighted by Crippen LogP contribution is -2.55. The highest BCUT2D eigenvalue weighted by atomic mass is 79.9. The van der Waals surface area contributed by atoms with Crippen molar-refractivity contribution in [3.05, 3.63) is 58.6 Å². The zero-order chi connectivity index (χ0) is 30.6. The van der Waals surface area contributed by atoms with Crippen molar-refractivity contribution < 1.29 is 33.8 Å². The van der Waals surface area contributed by atoms with Crippen LogP contribution in [0.4, 0.5) is 0 Å². The number of fused-ring (bicyclic) bond motifs is 2. The van der Waals surface area contributed by atoms with Gasteiger partial charge in [0, 0.05) is 37.1 Å². The maximum Gasteiger partial charge on any atom is 0.313 e. The van der Waals surface area contributed by atoms with Crippen LogP contribution in [0, 0.1) is 11.8 Å². The van der Waals surface area contributed by atoms with Gasteiger partial charge in [0.15, 0.2) is 0 Å². The highest BCUT2D eigenvalue weighted by Gasteiger charge is 2.74. The molecule has 1 aromatic carbocycles. The smallest absolute Gasteiger partial charge is 0.313 e. The fourth-order valence-corrected chi connectivity index (χ4v) is 7.40. The normalized spacial score (nSPS) is 32.0. The molecule has 0 saturated carbocycles. The number of carbonyl (C=O) groups is 4. The molecule has 2 N–H and O–H groups in total. The Morgan fingerprint density at radius 1 is 1.05 bits per heavy atom. The molecule has 4 aliphatic heterocycles. The third kappa shape index (κ3) is 6.44. The van der Waals surface area contributed by atoms with Gasteiger partial charge in [0.1, 0.15) is 29.8 Å². The summed E-state index contributed by atoms with van der Waals surface area (Å²) in [6.07, 6.45) is 7.91. The highest BCUT2D eigenvalue weighted by molar-refractivity contribution is 9.11. The Hall–Kier alpha value is -3.02. The molecular formula is C32H40BrN3O7. The summed E-state index contributed by atoms with van der Waals surface area (Å²) in [5.41, 5.74) is -0.386. The average molecular weight is 659 g/mol. The van der Waals surface area contributed by atoms with E-state index in [4.69, 9.17) is 9.47 Å². The predicted octanol–water partition coefficient (Wildman–Crippen LogP) is 2.84. The number of aliphatic hydroxyl groups excluding tert-OH is 1. The number of cyclic esters (lactones) is 1. The van der Waals surface area contributed by atoms with Crippen LogP contribution in [0.25, 0.3) is 0 Å². The number of nitrogens with zero attached hydrogens (tertiary/aromatic N) is 2. The number of esters is 1. The molecule has 10 nitrogen and oxygen atoms in total. The number of ether oxygens (including phenoxy) is 2. The van der Waals surface area contributed by atoms with E-state index in [1.807, 2.05) is 48.6 Å². The van der Waals surface area contributed by atoms with Crippen molar-refractivity contribution in [2.24, 2.45) is 11.8 Å². The molecule has 43 heavy (non-hydrogen) atoms. The van der Waals surface area contributed by atoms with Crippen molar-refractivity contribution in [2.75, 3.05) is 26.2 Å². The lowest BCUT2D eigenvalue weighted by atomic mass is 9.74. The molecule has 4 aliphatic rings. The van der Waals surface area contributed by atoms with Crippen LogP contribution >= 0.6 is 15.9 Å². The van der Waals surface area contributed by atoms with Gasteiger partial charge in [0.2, 0.25) is 17.7 Å². The van der Waals surface area contributed by atoms with Gasteiger partial charge >= 0.3 is 5.97 Å². The molecule has 0 aromatic heterocycles. The van der Waals surface area contributed by atoms with Crippen molar-refractivity contribution in [3.63, 3.8) is 0 Å². The molecule has 232 valence electrons. The van der Waals surface area contributed by atoms with Crippen LogP contribution in [0.1, 0.15) is 51.0 Å². The van der Waals surface area contributed by atoms with Crippen molar-refractivity contribution in [1.29, 1.82) is 0 Å². The number of likely N-dealkylation sites (tertiary alicyclic amines) is 1. The minimum absolute atomic E-state index is 0.108. The molecule has 5 bridgehead atoms. The van der Waals surface area contributed by atoms with E-state index in [1.54, 1.807) is 16.7 Å². The van der Waals surface area contributed by atoms with Gasteiger partial charge in [-0.1, -0.05) is 71.3 Å². The first-order valence-corrected chi connectivity index (χ1v) is 16.0. The van der Waals surface area contributed by atoms with Crippen LogP contribution in [-0.2, 0) is 35.2 Å². The first-order chi connectivity index (χ1) is 20.8. The monoisotopic (exact) mass is 657 g/mol. The number of rotatable bonds is 8. The summed E-state index contributed by atoms with van der Waals surface area (Å²) in [4.78, 5) is 58.2. The quantitative estimate of drug-likeness (QED) is 0.250.